The van der Waals surface area contributed by atoms with Gasteiger partial charge in [-0.2, -0.15) is 5.11 Å². The van der Waals surface area contributed by atoms with E-state index in [1.165, 1.54) is 11.9 Å². The van der Waals surface area contributed by atoms with Gasteiger partial charge in [-0.05, 0) is 72.1 Å². The number of aromatic nitrogens is 1. The fraction of sp³-hybridized carbons (Fsp3) is 0.390. The number of aromatic amines is 1. The first kappa shape index (κ1) is 42.2. The third-order valence-corrected chi connectivity index (χ3v) is 10.5. The van der Waals surface area contributed by atoms with Gasteiger partial charge in [0.1, 0.15) is 42.9 Å². The van der Waals surface area contributed by atoms with Crippen LogP contribution < -0.4 is 9.47 Å². The van der Waals surface area contributed by atoms with E-state index in [1.54, 1.807) is 41.3 Å². The maximum atomic E-state index is 13.7. The number of carbonyl (C=O) groups is 5. The highest BCUT2D eigenvalue weighted by atomic mass is 35.5. The molecule has 4 heterocycles. The Kier molecular flexibility index (Phi) is 12.8. The van der Waals surface area contributed by atoms with Crippen molar-refractivity contribution in [3.63, 3.8) is 0 Å². The van der Waals surface area contributed by atoms with Crippen molar-refractivity contribution in [1.82, 2.24) is 14.9 Å². The molecule has 17 nitrogen and oxygen atoms in total. The van der Waals surface area contributed by atoms with Crippen molar-refractivity contribution < 1.29 is 57.1 Å². The van der Waals surface area contributed by atoms with Crippen LogP contribution in [0.1, 0.15) is 50.6 Å². The molecule has 1 amide bonds. The summed E-state index contributed by atoms with van der Waals surface area (Å²) in [5, 5.41) is 12.1. The van der Waals surface area contributed by atoms with Crippen LogP contribution >= 0.6 is 23.2 Å². The van der Waals surface area contributed by atoms with Crippen LogP contribution in [0.15, 0.2) is 77.1 Å². The second-order valence-corrected chi connectivity index (χ2v) is 15.2. The highest BCUT2D eigenvalue weighted by Gasteiger charge is 2.54. The van der Waals surface area contributed by atoms with Gasteiger partial charge in [-0.1, -0.05) is 40.6 Å². The van der Waals surface area contributed by atoms with Crippen LogP contribution in [-0.2, 0) is 49.3 Å². The smallest absolute Gasteiger partial charge is 0.416 e. The van der Waals surface area contributed by atoms with E-state index in [0.717, 1.165) is 48.5 Å². The van der Waals surface area contributed by atoms with Gasteiger partial charge < -0.3 is 38.1 Å². The number of carbonyl (C=O) groups excluding carboxylic acids is 5. The van der Waals surface area contributed by atoms with Gasteiger partial charge in [-0.15, -0.1) is 0 Å². The van der Waals surface area contributed by atoms with Crippen molar-refractivity contribution in [1.29, 1.82) is 0 Å². The van der Waals surface area contributed by atoms with E-state index >= 15 is 0 Å². The Labute approximate surface area is 353 Å². The number of H-pyrrole nitrogens is 1. The number of amides is 1. The number of nitrogens with one attached hydrogen (secondary N) is 1. The molecular weight excluding hydrogens is 825 g/mol. The molecule has 7 rings (SSSR count). The molecule has 1 saturated heterocycles. The first-order valence-corrected chi connectivity index (χ1v) is 19.7. The molecule has 60 heavy (non-hydrogen) atoms. The highest BCUT2D eigenvalue weighted by molar-refractivity contribution is 6.31. The Morgan fingerprint density at radius 2 is 1.43 bits per heavy atom. The Morgan fingerprint density at radius 3 is 2.12 bits per heavy atom. The van der Waals surface area contributed by atoms with Gasteiger partial charge in [0.25, 0.3) is 0 Å². The number of halogens is 2. The zero-order chi connectivity index (χ0) is 42.7. The van der Waals surface area contributed by atoms with Crippen LogP contribution in [-0.4, -0.2) is 108 Å². The summed E-state index contributed by atoms with van der Waals surface area (Å²) >= 11 is 12.4. The number of fused-ring (bicyclic) bond motifs is 3. The van der Waals surface area contributed by atoms with E-state index in [9.17, 15) is 24.0 Å². The second-order valence-electron chi connectivity index (χ2n) is 14.3. The number of rotatable bonds is 11. The minimum atomic E-state index is -1.35. The molecule has 3 aliphatic heterocycles. The maximum Gasteiger partial charge on any atom is 0.416 e. The largest absolute Gasteiger partial charge is 0.491 e. The van der Waals surface area contributed by atoms with Crippen LogP contribution in [0.25, 0.3) is 10.9 Å². The van der Waals surface area contributed by atoms with Gasteiger partial charge >= 0.3 is 30.0 Å². The zero-order valence-electron chi connectivity index (χ0n) is 32.9. The molecule has 7 unspecified atom stereocenters. The van der Waals surface area contributed by atoms with E-state index < -0.39 is 72.7 Å². The van der Waals surface area contributed by atoms with Crippen molar-refractivity contribution >= 4 is 64.1 Å². The molecule has 0 aliphatic carbocycles. The van der Waals surface area contributed by atoms with Crippen molar-refractivity contribution in [2.75, 3.05) is 26.3 Å². The lowest BCUT2D eigenvalue weighted by Gasteiger charge is -2.46. The second kappa shape index (κ2) is 18.1. The Bertz CT molecular complexity index is 2290. The van der Waals surface area contributed by atoms with Crippen molar-refractivity contribution in [3.05, 3.63) is 93.6 Å². The lowest BCUT2D eigenvalue weighted by molar-refractivity contribution is -0.278. The SMILES string of the molecule is CC(=O)OCC1OC(N2CC(COc3ccc(C4c5[nH]c6ccc(Cl)cc6c5CCN4C(=O)Oc4ccc(Cl)cc4)cc3)N=N2)C(OC(C)=O)C(OC(C)=O)C1OC(C)=O. The molecule has 3 aliphatic rings. The van der Waals surface area contributed by atoms with Gasteiger partial charge in [0, 0.05) is 60.9 Å². The molecule has 19 heteroatoms. The number of hydrogen-bond acceptors (Lipinski definition) is 15. The van der Waals surface area contributed by atoms with E-state index in [0.29, 0.717) is 34.5 Å². The molecule has 0 spiro atoms. The van der Waals surface area contributed by atoms with Crippen molar-refractivity contribution in [2.24, 2.45) is 10.3 Å². The number of ether oxygens (including phenoxy) is 7. The van der Waals surface area contributed by atoms with Gasteiger partial charge in [0.05, 0.1) is 6.54 Å². The molecule has 3 aromatic carbocycles. The highest BCUT2D eigenvalue weighted by Crippen LogP contribution is 2.40. The normalized spacial score (nSPS) is 23.4. The van der Waals surface area contributed by atoms with E-state index in [1.807, 2.05) is 30.3 Å². The van der Waals surface area contributed by atoms with Gasteiger partial charge in [-0.25, -0.2) is 9.80 Å². The first-order chi connectivity index (χ1) is 28.7. The lowest BCUT2D eigenvalue weighted by atomic mass is 9.92. The summed E-state index contributed by atoms with van der Waals surface area (Å²) in [5.41, 5.74) is 3.59. The Balaban J connectivity index is 1.07. The van der Waals surface area contributed by atoms with E-state index in [2.05, 4.69) is 15.3 Å². The molecule has 1 fully saturated rings. The summed E-state index contributed by atoms with van der Waals surface area (Å²) < 4.78 is 39.9. The third kappa shape index (κ3) is 9.59. The Morgan fingerprint density at radius 1 is 0.783 bits per heavy atom. The van der Waals surface area contributed by atoms with E-state index in [-0.39, 0.29) is 19.8 Å². The molecule has 0 saturated carbocycles. The molecule has 1 N–H and O–H groups in total. The predicted molar refractivity (Wildman–Crippen MR) is 212 cm³/mol. The monoisotopic (exact) mass is 865 g/mol. The summed E-state index contributed by atoms with van der Waals surface area (Å²) in [6, 6.07) is 18.5. The van der Waals surface area contributed by atoms with Crippen molar-refractivity contribution in [3.8, 4) is 11.5 Å². The number of nitrogens with zero attached hydrogens (tertiary/aromatic N) is 4. The summed E-state index contributed by atoms with van der Waals surface area (Å²) in [7, 11) is 0. The first-order valence-electron chi connectivity index (χ1n) is 19.0. The summed E-state index contributed by atoms with van der Waals surface area (Å²) in [6.07, 6.45) is -6.27. The average Bonchev–Trinajstić information content (AvgIpc) is 3.83. The topological polar surface area (TPSA) is 197 Å². The predicted octanol–water partition coefficient (Wildman–Crippen LogP) is 6.13. The molecule has 1 aromatic heterocycles. The fourth-order valence-corrected chi connectivity index (χ4v) is 7.82. The molecule has 316 valence electrons. The molecule has 0 bridgehead atoms. The van der Waals surface area contributed by atoms with Gasteiger partial charge in [-0.3, -0.25) is 24.1 Å². The summed E-state index contributed by atoms with van der Waals surface area (Å²) in [5.74, 6) is -1.98. The van der Waals surface area contributed by atoms with E-state index in [4.69, 9.17) is 56.4 Å². The number of esters is 4. The van der Waals surface area contributed by atoms with Crippen LogP contribution in [0.2, 0.25) is 10.0 Å². The maximum absolute atomic E-state index is 13.7. The number of hydrogen-bond donors (Lipinski definition) is 1. The van der Waals surface area contributed by atoms with Crippen molar-refractivity contribution in [2.45, 2.75) is 76.8 Å². The summed E-state index contributed by atoms with van der Waals surface area (Å²) in [4.78, 5) is 67.3. The third-order valence-electron chi connectivity index (χ3n) is 9.97. The molecule has 4 aromatic rings. The fourth-order valence-electron chi connectivity index (χ4n) is 7.52. The average molecular weight is 867 g/mol. The van der Waals surface area contributed by atoms with Crippen LogP contribution in [0, 0.1) is 0 Å². The summed E-state index contributed by atoms with van der Waals surface area (Å²) in [6.45, 7) is 4.84. The van der Waals surface area contributed by atoms with Crippen LogP contribution in [0.4, 0.5) is 4.79 Å². The minimum absolute atomic E-state index is 0.0700. The van der Waals surface area contributed by atoms with Crippen LogP contribution in [0.3, 0.4) is 0 Å². The zero-order valence-corrected chi connectivity index (χ0v) is 34.4. The molecule has 0 radical (unpaired) electrons. The quantitative estimate of drug-likeness (QED) is 0.134. The Hall–Kier alpha value is -5.91. The van der Waals surface area contributed by atoms with Crippen LogP contribution in [0.5, 0.6) is 11.5 Å². The molecule has 7 atom stereocenters. The van der Waals surface area contributed by atoms with Gasteiger partial charge in [0.2, 0.25) is 0 Å². The minimum Gasteiger partial charge on any atom is -0.491 e. The lowest BCUT2D eigenvalue weighted by Crippen LogP contribution is -2.65. The number of benzene rings is 3. The van der Waals surface area contributed by atoms with Gasteiger partial charge in [0.15, 0.2) is 24.5 Å². The standard InChI is InChI=1S/C41H41Cl2N5O12/c1-21(49)54-20-34-37(56-22(2)50)38(57-23(3)51)39(58-24(4)52)40(60-34)48-18-28(45-46-48)19-55-29-10-5-25(6-11-29)36-35-31(32-17-27(43)9-14-33(32)44-35)15-16-47(36)41(53)59-30-12-7-26(42)8-13-30/h5-14,17,28,34,36-40,44H,15-16,18-20H2,1-4H3. The molecular formula is C41H41Cl2N5O12.